The van der Waals surface area contributed by atoms with Gasteiger partial charge in [-0.2, -0.15) is 5.26 Å². The third kappa shape index (κ3) is 4.29. The summed E-state index contributed by atoms with van der Waals surface area (Å²) >= 11 is 0. The first kappa shape index (κ1) is 13.9. The van der Waals surface area contributed by atoms with Crippen molar-refractivity contribution < 1.29 is 4.21 Å². The number of rotatable bonds is 4. The van der Waals surface area contributed by atoms with Crippen LogP contribution in [0, 0.1) is 11.3 Å². The molecule has 0 aliphatic carbocycles. The van der Waals surface area contributed by atoms with Gasteiger partial charge in [-0.15, -0.1) is 0 Å². The fraction of sp³-hybridized carbons (Fsp3) is 0.462. The van der Waals surface area contributed by atoms with E-state index in [0.717, 1.165) is 5.56 Å². The molecule has 0 saturated carbocycles. The Labute approximate surface area is 105 Å². The fourth-order valence-electron chi connectivity index (χ4n) is 1.31. The minimum atomic E-state index is -1.17. The van der Waals surface area contributed by atoms with Crippen molar-refractivity contribution in [1.29, 1.82) is 5.26 Å². The summed E-state index contributed by atoms with van der Waals surface area (Å²) in [5, 5.41) is 8.82. The summed E-state index contributed by atoms with van der Waals surface area (Å²) in [6.45, 7) is 5.72. The van der Waals surface area contributed by atoms with Gasteiger partial charge >= 0.3 is 0 Å². The van der Waals surface area contributed by atoms with E-state index in [1.807, 2.05) is 51.1 Å². The third-order valence-electron chi connectivity index (χ3n) is 2.30. The second kappa shape index (κ2) is 5.95. The zero-order valence-electron chi connectivity index (χ0n) is 10.4. The van der Waals surface area contributed by atoms with E-state index < -0.39 is 11.0 Å². The highest BCUT2D eigenvalue weighted by Crippen LogP contribution is 2.19. The molecule has 2 atom stereocenters. The molecule has 0 spiro atoms. The molecule has 0 amide bonds. The molecule has 0 unspecified atom stereocenters. The van der Waals surface area contributed by atoms with Crippen molar-refractivity contribution in [2.45, 2.75) is 38.0 Å². The molecule has 17 heavy (non-hydrogen) atoms. The van der Waals surface area contributed by atoms with Crippen LogP contribution in [0.2, 0.25) is 0 Å². The van der Waals surface area contributed by atoms with E-state index in [1.165, 1.54) is 0 Å². The van der Waals surface area contributed by atoms with E-state index in [2.05, 4.69) is 10.8 Å². The number of nitrogens with one attached hydrogen (secondary N) is 1. The Morgan fingerprint density at radius 1 is 1.35 bits per heavy atom. The monoisotopic (exact) mass is 250 g/mol. The van der Waals surface area contributed by atoms with Crippen molar-refractivity contribution in [3.8, 4) is 6.07 Å². The van der Waals surface area contributed by atoms with Gasteiger partial charge in [0.2, 0.25) is 0 Å². The van der Waals surface area contributed by atoms with Crippen molar-refractivity contribution in [2.24, 2.45) is 0 Å². The van der Waals surface area contributed by atoms with Crippen LogP contribution in [-0.4, -0.2) is 8.96 Å². The second-order valence-electron chi connectivity index (χ2n) is 4.82. The van der Waals surface area contributed by atoms with Crippen molar-refractivity contribution in [3.63, 3.8) is 0 Å². The van der Waals surface area contributed by atoms with Gasteiger partial charge in [0.1, 0.15) is 0 Å². The summed E-state index contributed by atoms with van der Waals surface area (Å²) in [5.74, 6) is 0. The molecule has 1 rings (SSSR count). The Balaban J connectivity index is 2.82. The predicted octanol–water partition coefficient (Wildman–Crippen LogP) is 2.69. The van der Waals surface area contributed by atoms with Gasteiger partial charge < -0.3 is 0 Å². The van der Waals surface area contributed by atoms with Crippen LogP contribution in [0.4, 0.5) is 0 Å². The summed E-state index contributed by atoms with van der Waals surface area (Å²) in [6.07, 6.45) is 0.311. The largest absolute Gasteiger partial charge is 0.242 e. The Morgan fingerprint density at radius 2 is 1.94 bits per heavy atom. The second-order valence-corrected chi connectivity index (χ2v) is 6.82. The molecule has 0 aliphatic rings. The van der Waals surface area contributed by atoms with E-state index >= 15 is 0 Å². The molecule has 4 heteroatoms. The Bertz CT molecular complexity index is 417. The van der Waals surface area contributed by atoms with Gasteiger partial charge in [-0.05, 0) is 26.3 Å². The summed E-state index contributed by atoms with van der Waals surface area (Å²) in [6, 6.07) is 11.6. The summed E-state index contributed by atoms with van der Waals surface area (Å²) in [7, 11) is -1.17. The van der Waals surface area contributed by atoms with E-state index in [9.17, 15) is 4.21 Å². The first-order valence-electron chi connectivity index (χ1n) is 5.55. The van der Waals surface area contributed by atoms with Crippen LogP contribution in [0.25, 0.3) is 0 Å². The number of hydrogen-bond acceptors (Lipinski definition) is 2. The molecule has 0 bridgehead atoms. The maximum atomic E-state index is 12.0. The van der Waals surface area contributed by atoms with Crippen molar-refractivity contribution in [3.05, 3.63) is 35.9 Å². The van der Waals surface area contributed by atoms with Gasteiger partial charge in [-0.1, -0.05) is 30.3 Å². The standard InChI is InChI=1S/C13H18N2OS/c1-13(2,3)17(16)15-12(9-10-14)11-7-5-4-6-8-11/h4-8,12,15H,9H2,1-3H3/t12-,17-/m1/s1. The zero-order chi connectivity index (χ0) is 12.9. The fourth-order valence-corrected chi connectivity index (χ4v) is 2.14. The number of nitrogens with zero attached hydrogens (tertiary/aromatic N) is 1. The maximum absolute atomic E-state index is 12.0. The molecule has 0 radical (unpaired) electrons. The molecular weight excluding hydrogens is 232 g/mol. The highest BCUT2D eigenvalue weighted by molar-refractivity contribution is 7.84. The van der Waals surface area contributed by atoms with Gasteiger partial charge in [0, 0.05) is 0 Å². The first-order valence-corrected chi connectivity index (χ1v) is 6.70. The lowest BCUT2D eigenvalue weighted by molar-refractivity contribution is 0.603. The lowest BCUT2D eigenvalue weighted by atomic mass is 10.1. The average Bonchev–Trinajstić information content (AvgIpc) is 2.28. The quantitative estimate of drug-likeness (QED) is 0.893. The highest BCUT2D eigenvalue weighted by Gasteiger charge is 2.23. The van der Waals surface area contributed by atoms with Gasteiger partial charge in [0.15, 0.2) is 0 Å². The van der Waals surface area contributed by atoms with E-state index in [4.69, 9.17) is 5.26 Å². The van der Waals surface area contributed by atoms with Crippen LogP contribution in [0.1, 0.15) is 38.8 Å². The molecule has 1 N–H and O–H groups in total. The van der Waals surface area contributed by atoms with Crippen LogP contribution in [0.5, 0.6) is 0 Å². The van der Waals surface area contributed by atoms with Gasteiger partial charge in [-0.3, -0.25) is 0 Å². The summed E-state index contributed by atoms with van der Waals surface area (Å²) in [4.78, 5) is 0. The molecule has 0 saturated heterocycles. The van der Waals surface area contributed by atoms with E-state index in [0.29, 0.717) is 6.42 Å². The minimum absolute atomic E-state index is 0.179. The van der Waals surface area contributed by atoms with Gasteiger partial charge in [0.05, 0.1) is 34.3 Å². The topological polar surface area (TPSA) is 52.9 Å². The van der Waals surface area contributed by atoms with Crippen molar-refractivity contribution in [2.75, 3.05) is 0 Å². The molecule has 3 nitrogen and oxygen atoms in total. The highest BCUT2D eigenvalue weighted by atomic mass is 32.2. The molecular formula is C13H18N2OS. The molecule has 0 aliphatic heterocycles. The minimum Gasteiger partial charge on any atom is -0.242 e. The Morgan fingerprint density at radius 3 is 2.41 bits per heavy atom. The number of nitriles is 1. The SMILES string of the molecule is CC(C)(C)[S@@](=O)N[C@H](CC#N)c1ccccc1. The number of benzene rings is 1. The first-order chi connectivity index (χ1) is 7.95. The zero-order valence-corrected chi connectivity index (χ0v) is 11.3. The smallest absolute Gasteiger partial charge is 0.0976 e. The van der Waals surface area contributed by atoms with Gasteiger partial charge in [0.25, 0.3) is 0 Å². The van der Waals surface area contributed by atoms with Crippen molar-refractivity contribution >= 4 is 11.0 Å². The van der Waals surface area contributed by atoms with Gasteiger partial charge in [-0.25, -0.2) is 8.93 Å². The lowest BCUT2D eigenvalue weighted by Gasteiger charge is -2.23. The third-order valence-corrected chi connectivity index (χ3v) is 3.91. The average molecular weight is 250 g/mol. The maximum Gasteiger partial charge on any atom is 0.0976 e. The predicted molar refractivity (Wildman–Crippen MR) is 70.4 cm³/mol. The summed E-state index contributed by atoms with van der Waals surface area (Å²) < 4.78 is 14.7. The van der Waals surface area contributed by atoms with Crippen LogP contribution >= 0.6 is 0 Å². The lowest BCUT2D eigenvalue weighted by Crippen LogP contribution is -2.35. The molecule has 92 valence electrons. The normalized spacial score (nSPS) is 14.9. The van der Waals surface area contributed by atoms with E-state index in [-0.39, 0.29) is 10.8 Å². The molecule has 0 heterocycles. The molecule has 0 fully saturated rings. The summed E-state index contributed by atoms with van der Waals surface area (Å²) in [5.41, 5.74) is 0.992. The van der Waals surface area contributed by atoms with Crippen LogP contribution in [0.15, 0.2) is 30.3 Å². The Hall–Kier alpha value is -1.18. The molecule has 1 aromatic rings. The van der Waals surface area contributed by atoms with Crippen molar-refractivity contribution in [1.82, 2.24) is 4.72 Å². The van der Waals surface area contributed by atoms with Crippen LogP contribution in [0.3, 0.4) is 0 Å². The van der Waals surface area contributed by atoms with Crippen LogP contribution < -0.4 is 4.72 Å². The molecule has 0 aromatic heterocycles. The number of hydrogen-bond donors (Lipinski definition) is 1. The molecule has 1 aromatic carbocycles. The Kier molecular flexibility index (Phi) is 4.86. The van der Waals surface area contributed by atoms with E-state index in [1.54, 1.807) is 0 Å². The van der Waals surface area contributed by atoms with Crippen LogP contribution in [-0.2, 0) is 11.0 Å².